The van der Waals surface area contributed by atoms with Crippen molar-refractivity contribution >= 4 is 26.0 Å². The van der Waals surface area contributed by atoms with Crippen LogP contribution < -0.4 is 4.72 Å². The van der Waals surface area contributed by atoms with Gasteiger partial charge in [0.15, 0.2) is 0 Å². The molecule has 1 aliphatic carbocycles. The second-order valence-electron chi connectivity index (χ2n) is 2.94. The van der Waals surface area contributed by atoms with Crippen molar-refractivity contribution in [3.63, 3.8) is 0 Å². The van der Waals surface area contributed by atoms with Crippen LogP contribution in [0, 0.1) is 0 Å². The molecule has 0 aromatic carbocycles. The zero-order chi connectivity index (χ0) is 9.90. The first-order valence-corrected chi connectivity index (χ1v) is 6.33. The van der Waals surface area contributed by atoms with Crippen LogP contribution in [-0.2, 0) is 10.0 Å². The molecule has 1 unspecified atom stereocenters. The van der Waals surface area contributed by atoms with E-state index in [4.69, 9.17) is 0 Å². The lowest BCUT2D eigenvalue weighted by Crippen LogP contribution is -2.33. The first-order valence-electron chi connectivity index (χ1n) is 4.06. The number of sulfonamides is 1. The minimum atomic E-state index is -3.38. The molecule has 13 heavy (non-hydrogen) atoms. The first kappa shape index (κ1) is 10.9. The van der Waals surface area contributed by atoms with Gasteiger partial charge in [0.05, 0.1) is 0 Å². The van der Waals surface area contributed by atoms with Gasteiger partial charge in [-0.25, -0.2) is 13.1 Å². The van der Waals surface area contributed by atoms with E-state index >= 15 is 0 Å². The Bertz CT molecular complexity index is 321. The Labute approximate surface area is 87.1 Å². The average molecular weight is 266 g/mol. The maximum atomic E-state index is 11.3. The summed E-state index contributed by atoms with van der Waals surface area (Å²) < 4.78 is 25.1. The Balaban J connectivity index is 2.63. The Kier molecular flexibility index (Phi) is 3.70. The highest BCUT2D eigenvalue weighted by Crippen LogP contribution is 2.15. The standard InChI is InChI=1S/C8H12BrNO2S/c1-7(9)13(11,12)10-8-5-3-2-4-6-8/h3,5,8,10H,1-2,4,6H2. The van der Waals surface area contributed by atoms with Crippen LogP contribution >= 0.6 is 15.9 Å². The Morgan fingerprint density at radius 2 is 2.31 bits per heavy atom. The van der Waals surface area contributed by atoms with Gasteiger partial charge in [-0.15, -0.1) is 0 Å². The fraction of sp³-hybridized carbons (Fsp3) is 0.500. The molecule has 3 nitrogen and oxygen atoms in total. The maximum absolute atomic E-state index is 11.3. The average Bonchev–Trinajstić information content (AvgIpc) is 2.05. The SMILES string of the molecule is C=C(Br)S(=O)(=O)NC1C=CCCC1. The summed E-state index contributed by atoms with van der Waals surface area (Å²) in [7, 11) is -3.38. The predicted octanol–water partition coefficient (Wildman–Crippen LogP) is 1.88. The number of nitrogens with one attached hydrogen (secondary N) is 1. The summed E-state index contributed by atoms with van der Waals surface area (Å²) >= 11 is 2.85. The van der Waals surface area contributed by atoms with Gasteiger partial charge in [-0.3, -0.25) is 0 Å². The van der Waals surface area contributed by atoms with Crippen molar-refractivity contribution < 1.29 is 8.42 Å². The van der Waals surface area contributed by atoms with Crippen molar-refractivity contribution in [3.05, 3.63) is 22.5 Å². The van der Waals surface area contributed by atoms with Crippen molar-refractivity contribution in [3.8, 4) is 0 Å². The minimum absolute atomic E-state index is 0.0148. The summed E-state index contributed by atoms with van der Waals surface area (Å²) in [6.07, 6.45) is 6.80. The number of allylic oxidation sites excluding steroid dienone is 1. The molecule has 0 amide bonds. The molecule has 0 spiro atoms. The third-order valence-electron chi connectivity index (χ3n) is 1.85. The second kappa shape index (κ2) is 4.39. The molecule has 1 rings (SSSR count). The molecular weight excluding hydrogens is 254 g/mol. The van der Waals surface area contributed by atoms with E-state index in [9.17, 15) is 8.42 Å². The molecule has 0 saturated heterocycles. The van der Waals surface area contributed by atoms with Crippen molar-refractivity contribution in [1.82, 2.24) is 4.72 Å². The number of hydrogen-bond donors (Lipinski definition) is 1. The topological polar surface area (TPSA) is 46.2 Å². The normalized spacial score (nSPS) is 23.0. The smallest absolute Gasteiger partial charge is 0.207 e. The molecule has 74 valence electrons. The Morgan fingerprint density at radius 1 is 1.62 bits per heavy atom. The third kappa shape index (κ3) is 3.25. The minimum Gasteiger partial charge on any atom is -0.207 e. The number of halogens is 1. The van der Waals surface area contributed by atoms with Crippen LogP contribution in [0.15, 0.2) is 22.5 Å². The van der Waals surface area contributed by atoms with Gasteiger partial charge in [-0.2, -0.15) is 0 Å². The highest BCUT2D eigenvalue weighted by Gasteiger charge is 2.18. The van der Waals surface area contributed by atoms with E-state index in [1.807, 2.05) is 12.2 Å². The first-order chi connectivity index (χ1) is 6.02. The Hall–Kier alpha value is -0.130. The molecule has 1 aliphatic rings. The van der Waals surface area contributed by atoms with Crippen LogP contribution in [0.3, 0.4) is 0 Å². The van der Waals surface area contributed by atoms with Crippen LogP contribution in [0.5, 0.6) is 0 Å². The summed E-state index contributed by atoms with van der Waals surface area (Å²) in [5, 5.41) is 0. The van der Waals surface area contributed by atoms with E-state index in [2.05, 4.69) is 27.2 Å². The van der Waals surface area contributed by atoms with E-state index in [0.717, 1.165) is 19.3 Å². The van der Waals surface area contributed by atoms with Gasteiger partial charge < -0.3 is 0 Å². The van der Waals surface area contributed by atoms with E-state index < -0.39 is 10.0 Å². The van der Waals surface area contributed by atoms with Gasteiger partial charge in [0.1, 0.15) is 3.81 Å². The summed E-state index contributed by atoms with van der Waals surface area (Å²) in [4.78, 5) is 0. The molecule has 0 fully saturated rings. The molecule has 0 saturated carbocycles. The Morgan fingerprint density at radius 3 is 2.77 bits per heavy atom. The molecule has 0 radical (unpaired) electrons. The van der Waals surface area contributed by atoms with E-state index in [1.165, 1.54) is 0 Å². The molecule has 0 aromatic rings. The van der Waals surface area contributed by atoms with E-state index in [1.54, 1.807) is 0 Å². The van der Waals surface area contributed by atoms with Crippen molar-refractivity contribution in [1.29, 1.82) is 0 Å². The third-order valence-corrected chi connectivity index (χ3v) is 4.33. The zero-order valence-corrected chi connectivity index (χ0v) is 9.57. The number of rotatable bonds is 3. The maximum Gasteiger partial charge on any atom is 0.247 e. The van der Waals surface area contributed by atoms with Crippen molar-refractivity contribution in [2.75, 3.05) is 0 Å². The lowest BCUT2D eigenvalue weighted by Gasteiger charge is -2.17. The lowest BCUT2D eigenvalue weighted by molar-refractivity contribution is 0.556. The second-order valence-corrected chi connectivity index (χ2v) is 6.16. The molecular formula is C8H12BrNO2S. The van der Waals surface area contributed by atoms with Crippen molar-refractivity contribution in [2.45, 2.75) is 25.3 Å². The van der Waals surface area contributed by atoms with Crippen LogP contribution in [-0.4, -0.2) is 14.5 Å². The molecule has 0 aromatic heterocycles. The lowest BCUT2D eigenvalue weighted by atomic mass is 10.0. The van der Waals surface area contributed by atoms with Gasteiger partial charge in [0, 0.05) is 6.04 Å². The van der Waals surface area contributed by atoms with Crippen LogP contribution in [0.2, 0.25) is 0 Å². The van der Waals surface area contributed by atoms with Gasteiger partial charge >= 0.3 is 0 Å². The van der Waals surface area contributed by atoms with Gasteiger partial charge in [0.25, 0.3) is 0 Å². The van der Waals surface area contributed by atoms with Crippen LogP contribution in [0.4, 0.5) is 0 Å². The summed E-state index contributed by atoms with van der Waals surface area (Å²) in [5.41, 5.74) is 0. The molecule has 0 bridgehead atoms. The molecule has 0 aliphatic heterocycles. The quantitative estimate of drug-likeness (QED) is 0.793. The van der Waals surface area contributed by atoms with E-state index in [-0.39, 0.29) is 9.86 Å². The number of hydrogen-bond acceptors (Lipinski definition) is 2. The summed E-state index contributed by atoms with van der Waals surface area (Å²) in [6, 6.07) is -0.0759. The van der Waals surface area contributed by atoms with Gasteiger partial charge in [-0.1, -0.05) is 18.7 Å². The largest absolute Gasteiger partial charge is 0.247 e. The molecule has 1 atom stereocenters. The van der Waals surface area contributed by atoms with E-state index in [0.29, 0.717) is 0 Å². The fourth-order valence-electron chi connectivity index (χ4n) is 1.17. The molecule has 1 N–H and O–H groups in total. The highest BCUT2D eigenvalue weighted by molar-refractivity contribution is 9.13. The van der Waals surface area contributed by atoms with Gasteiger partial charge in [-0.05, 0) is 35.2 Å². The van der Waals surface area contributed by atoms with Crippen LogP contribution in [0.25, 0.3) is 0 Å². The van der Waals surface area contributed by atoms with Gasteiger partial charge in [0.2, 0.25) is 10.0 Å². The summed E-state index contributed by atoms with van der Waals surface area (Å²) in [6.45, 7) is 3.33. The highest BCUT2D eigenvalue weighted by atomic mass is 79.9. The summed E-state index contributed by atoms with van der Waals surface area (Å²) in [5.74, 6) is 0. The monoisotopic (exact) mass is 265 g/mol. The fourth-order valence-corrected chi connectivity index (χ4v) is 2.18. The molecule has 5 heteroatoms. The predicted molar refractivity (Wildman–Crippen MR) is 56.9 cm³/mol. The van der Waals surface area contributed by atoms with Crippen LogP contribution in [0.1, 0.15) is 19.3 Å². The zero-order valence-electron chi connectivity index (χ0n) is 7.16. The molecule has 0 heterocycles. The van der Waals surface area contributed by atoms with Crippen molar-refractivity contribution in [2.24, 2.45) is 0 Å².